The van der Waals surface area contributed by atoms with Gasteiger partial charge in [-0.05, 0) is 31.4 Å². The Morgan fingerprint density at radius 1 is 1.47 bits per heavy atom. The number of thiocarbonyl (C=S) groups is 1. The molecule has 0 aromatic carbocycles. The topological polar surface area (TPSA) is 42.2 Å². The minimum Gasteiger partial charge on any atom is -0.389 e. The first-order valence-corrected chi connectivity index (χ1v) is 5.61. The minimum absolute atomic E-state index is 0.447. The van der Waals surface area contributed by atoms with E-state index in [-0.39, 0.29) is 0 Å². The molecule has 15 heavy (non-hydrogen) atoms. The van der Waals surface area contributed by atoms with Gasteiger partial charge < -0.3 is 10.6 Å². The third-order valence-corrected chi connectivity index (χ3v) is 3.00. The van der Waals surface area contributed by atoms with Gasteiger partial charge in [-0.2, -0.15) is 0 Å². The Morgan fingerprint density at radius 2 is 2.13 bits per heavy atom. The van der Waals surface area contributed by atoms with Gasteiger partial charge in [0.15, 0.2) is 0 Å². The van der Waals surface area contributed by atoms with E-state index in [4.69, 9.17) is 18.0 Å². The molecule has 1 aromatic rings. The summed E-state index contributed by atoms with van der Waals surface area (Å²) in [5.41, 5.74) is 7.80. The van der Waals surface area contributed by atoms with Crippen molar-refractivity contribution in [1.82, 2.24) is 4.98 Å². The molecule has 0 bridgehead atoms. The summed E-state index contributed by atoms with van der Waals surface area (Å²) in [5.74, 6) is 0.958. The monoisotopic (exact) mass is 221 g/mol. The number of hydrogen-bond acceptors (Lipinski definition) is 3. The highest BCUT2D eigenvalue weighted by Crippen LogP contribution is 2.24. The molecule has 2 heterocycles. The Kier molecular flexibility index (Phi) is 2.86. The van der Waals surface area contributed by atoms with Crippen molar-refractivity contribution in [1.29, 1.82) is 0 Å². The van der Waals surface area contributed by atoms with Crippen molar-refractivity contribution in [2.45, 2.75) is 19.8 Å². The molecule has 0 amide bonds. The molecule has 1 aromatic heterocycles. The summed E-state index contributed by atoms with van der Waals surface area (Å²) >= 11 is 5.08. The highest BCUT2D eigenvalue weighted by molar-refractivity contribution is 7.80. The Morgan fingerprint density at radius 3 is 2.73 bits per heavy atom. The average Bonchev–Trinajstić information content (AvgIpc) is 2.69. The predicted octanol–water partition coefficient (Wildman–Crippen LogP) is 1.62. The second kappa shape index (κ2) is 4.14. The molecule has 0 atom stereocenters. The lowest BCUT2D eigenvalue weighted by molar-refractivity contribution is 0.933. The van der Waals surface area contributed by atoms with Crippen LogP contribution in [-0.2, 0) is 0 Å². The van der Waals surface area contributed by atoms with E-state index < -0.39 is 0 Å². The van der Waals surface area contributed by atoms with Crippen LogP contribution in [0.25, 0.3) is 0 Å². The van der Waals surface area contributed by atoms with Crippen LogP contribution in [0.4, 0.5) is 5.82 Å². The molecule has 0 unspecified atom stereocenters. The Balaban J connectivity index is 2.45. The molecule has 80 valence electrons. The summed E-state index contributed by atoms with van der Waals surface area (Å²) < 4.78 is 0. The van der Waals surface area contributed by atoms with Gasteiger partial charge in [0.2, 0.25) is 0 Å². The average molecular weight is 221 g/mol. The lowest BCUT2D eigenvalue weighted by Crippen LogP contribution is -2.24. The fraction of sp³-hybridized carbons (Fsp3) is 0.455. The molecule has 1 saturated heterocycles. The summed E-state index contributed by atoms with van der Waals surface area (Å²) in [7, 11) is 0. The molecule has 1 fully saturated rings. The van der Waals surface area contributed by atoms with Gasteiger partial charge in [0.05, 0.1) is 5.56 Å². The van der Waals surface area contributed by atoms with Crippen LogP contribution in [0.3, 0.4) is 0 Å². The maximum absolute atomic E-state index is 5.75. The van der Waals surface area contributed by atoms with E-state index in [2.05, 4.69) is 9.88 Å². The zero-order valence-electron chi connectivity index (χ0n) is 8.86. The molecule has 3 nitrogen and oxygen atoms in total. The summed E-state index contributed by atoms with van der Waals surface area (Å²) in [4.78, 5) is 7.11. The minimum atomic E-state index is 0.447. The maximum atomic E-state index is 5.75. The Hall–Kier alpha value is -1.16. The third kappa shape index (κ3) is 1.95. The summed E-state index contributed by atoms with van der Waals surface area (Å²) in [6.07, 6.45) is 4.28. The summed E-state index contributed by atoms with van der Waals surface area (Å²) in [6, 6.07) is 1.95. The molecule has 2 N–H and O–H groups in total. The number of rotatable bonds is 2. The van der Waals surface area contributed by atoms with Crippen molar-refractivity contribution >= 4 is 23.0 Å². The predicted molar refractivity (Wildman–Crippen MR) is 66.3 cm³/mol. The zero-order chi connectivity index (χ0) is 10.8. The van der Waals surface area contributed by atoms with Crippen LogP contribution < -0.4 is 10.6 Å². The molecule has 0 spiro atoms. The quantitative estimate of drug-likeness (QED) is 0.771. The second-order valence-electron chi connectivity index (χ2n) is 3.88. The van der Waals surface area contributed by atoms with E-state index in [1.807, 2.05) is 19.2 Å². The van der Waals surface area contributed by atoms with Gasteiger partial charge in [0.1, 0.15) is 10.8 Å². The molecule has 2 rings (SSSR count). The summed E-state index contributed by atoms with van der Waals surface area (Å²) in [6.45, 7) is 4.15. The maximum Gasteiger partial charge on any atom is 0.139 e. The first-order valence-electron chi connectivity index (χ1n) is 5.20. The second-order valence-corrected chi connectivity index (χ2v) is 4.32. The van der Waals surface area contributed by atoms with Gasteiger partial charge in [-0.3, -0.25) is 0 Å². The number of hydrogen-bond donors (Lipinski definition) is 1. The van der Waals surface area contributed by atoms with Crippen molar-refractivity contribution in [3.63, 3.8) is 0 Å². The molecular formula is C11H15N3S. The lowest BCUT2D eigenvalue weighted by Gasteiger charge is -2.20. The summed E-state index contributed by atoms with van der Waals surface area (Å²) in [5, 5.41) is 0. The lowest BCUT2D eigenvalue weighted by atomic mass is 10.1. The van der Waals surface area contributed by atoms with Crippen molar-refractivity contribution in [3.8, 4) is 0 Å². The Labute approximate surface area is 95.3 Å². The first-order chi connectivity index (χ1) is 7.20. The van der Waals surface area contributed by atoms with E-state index in [9.17, 15) is 0 Å². The molecule has 1 aliphatic rings. The fourth-order valence-electron chi connectivity index (χ4n) is 2.02. The van der Waals surface area contributed by atoms with E-state index >= 15 is 0 Å². The highest BCUT2D eigenvalue weighted by Gasteiger charge is 2.19. The van der Waals surface area contributed by atoms with Gasteiger partial charge in [-0.15, -0.1) is 0 Å². The number of nitrogens with two attached hydrogens (primary N) is 1. The van der Waals surface area contributed by atoms with Crippen molar-refractivity contribution in [2.24, 2.45) is 5.73 Å². The molecule has 0 radical (unpaired) electrons. The van der Waals surface area contributed by atoms with Crippen LogP contribution in [0, 0.1) is 6.92 Å². The number of pyridine rings is 1. The fourth-order valence-corrected chi connectivity index (χ4v) is 2.27. The van der Waals surface area contributed by atoms with Gasteiger partial charge >= 0.3 is 0 Å². The van der Waals surface area contributed by atoms with Crippen LogP contribution in [0.5, 0.6) is 0 Å². The van der Waals surface area contributed by atoms with Crippen LogP contribution >= 0.6 is 12.2 Å². The SMILES string of the molecule is Cc1ccnc(N2CCCC2)c1C(N)=S. The van der Waals surface area contributed by atoms with Crippen LogP contribution in [0.2, 0.25) is 0 Å². The number of anilines is 1. The van der Waals surface area contributed by atoms with Gasteiger partial charge in [0, 0.05) is 19.3 Å². The molecule has 0 saturated carbocycles. The van der Waals surface area contributed by atoms with Gasteiger partial charge in [-0.25, -0.2) is 4.98 Å². The van der Waals surface area contributed by atoms with Crippen LogP contribution in [0.15, 0.2) is 12.3 Å². The van der Waals surface area contributed by atoms with Crippen LogP contribution in [0.1, 0.15) is 24.0 Å². The standard InChI is InChI=1S/C11H15N3S/c1-8-4-5-13-11(9(8)10(12)15)14-6-2-3-7-14/h4-5H,2-3,6-7H2,1H3,(H2,12,15). The number of aromatic nitrogens is 1. The van der Waals surface area contributed by atoms with Crippen molar-refractivity contribution in [2.75, 3.05) is 18.0 Å². The van der Waals surface area contributed by atoms with Gasteiger partial charge in [0.25, 0.3) is 0 Å². The largest absolute Gasteiger partial charge is 0.389 e. The van der Waals surface area contributed by atoms with E-state index in [0.29, 0.717) is 4.99 Å². The zero-order valence-corrected chi connectivity index (χ0v) is 9.68. The Bertz CT molecular complexity index is 383. The van der Waals surface area contributed by atoms with E-state index in [0.717, 1.165) is 30.0 Å². The molecule has 0 aliphatic carbocycles. The smallest absolute Gasteiger partial charge is 0.139 e. The van der Waals surface area contributed by atoms with Gasteiger partial charge in [-0.1, -0.05) is 12.2 Å². The number of nitrogens with zero attached hydrogens (tertiary/aromatic N) is 2. The van der Waals surface area contributed by atoms with Crippen molar-refractivity contribution in [3.05, 3.63) is 23.4 Å². The van der Waals surface area contributed by atoms with Crippen LogP contribution in [-0.4, -0.2) is 23.1 Å². The first kappa shape index (κ1) is 10.4. The molecule has 4 heteroatoms. The van der Waals surface area contributed by atoms with E-state index in [1.54, 1.807) is 0 Å². The molecule has 1 aliphatic heterocycles. The van der Waals surface area contributed by atoms with E-state index in [1.165, 1.54) is 12.8 Å². The number of aryl methyl sites for hydroxylation is 1. The normalized spacial score (nSPS) is 15.7. The van der Waals surface area contributed by atoms with Crippen molar-refractivity contribution < 1.29 is 0 Å². The third-order valence-electron chi connectivity index (χ3n) is 2.79. The highest BCUT2D eigenvalue weighted by atomic mass is 32.1. The molecular weight excluding hydrogens is 206 g/mol.